The first-order chi connectivity index (χ1) is 6.74. The molecule has 0 fully saturated rings. The fraction of sp³-hybridized carbons (Fsp3) is 0.455. The summed E-state index contributed by atoms with van der Waals surface area (Å²) in [7, 11) is 5.66. The summed E-state index contributed by atoms with van der Waals surface area (Å²) in [5, 5.41) is 0. The molecule has 0 unspecified atom stereocenters. The Morgan fingerprint density at radius 1 is 1.36 bits per heavy atom. The first-order valence-electron chi connectivity index (χ1n) is 4.55. The number of likely N-dealkylation sites (N-methyl/N-ethyl adjacent to an activating group) is 1. The first-order valence-corrected chi connectivity index (χ1v) is 4.55. The van der Waals surface area contributed by atoms with Crippen LogP contribution in [0.25, 0.3) is 0 Å². The van der Waals surface area contributed by atoms with E-state index in [-0.39, 0.29) is 0 Å². The Morgan fingerprint density at radius 2 is 2.14 bits per heavy atom. The third kappa shape index (κ3) is 3.26. The third-order valence-electron chi connectivity index (χ3n) is 1.80. The SMILES string of the molecule is COc1cc[c]cc1OCCN(C)C. The second-order valence-corrected chi connectivity index (χ2v) is 3.23. The zero-order valence-electron chi connectivity index (χ0n) is 8.91. The van der Waals surface area contributed by atoms with Gasteiger partial charge in [0.2, 0.25) is 0 Å². The average Bonchev–Trinajstić information content (AvgIpc) is 2.18. The molecule has 0 aliphatic rings. The molecule has 0 amide bonds. The lowest BCUT2D eigenvalue weighted by molar-refractivity contribution is 0.250. The van der Waals surface area contributed by atoms with Gasteiger partial charge in [-0.3, -0.25) is 0 Å². The number of nitrogens with zero attached hydrogens (tertiary/aromatic N) is 1. The summed E-state index contributed by atoms with van der Waals surface area (Å²) in [6, 6.07) is 8.38. The number of hydrogen-bond donors (Lipinski definition) is 0. The Bertz CT molecular complexity index is 274. The minimum Gasteiger partial charge on any atom is -0.493 e. The normalized spacial score (nSPS) is 10.3. The zero-order chi connectivity index (χ0) is 10.4. The van der Waals surface area contributed by atoms with Crippen LogP contribution < -0.4 is 9.47 Å². The average molecular weight is 194 g/mol. The molecule has 0 heterocycles. The predicted molar refractivity (Wildman–Crippen MR) is 55.9 cm³/mol. The number of methoxy groups -OCH3 is 1. The highest BCUT2D eigenvalue weighted by atomic mass is 16.5. The maximum Gasteiger partial charge on any atom is 0.161 e. The van der Waals surface area contributed by atoms with Crippen molar-refractivity contribution >= 4 is 0 Å². The second kappa shape index (κ2) is 5.50. The van der Waals surface area contributed by atoms with Crippen molar-refractivity contribution in [2.24, 2.45) is 0 Å². The molecule has 1 aromatic carbocycles. The van der Waals surface area contributed by atoms with Crippen LogP contribution in [0.3, 0.4) is 0 Å². The van der Waals surface area contributed by atoms with E-state index in [4.69, 9.17) is 9.47 Å². The Kier molecular flexibility index (Phi) is 4.26. The molecule has 77 valence electrons. The lowest BCUT2D eigenvalue weighted by atomic mass is 10.3. The van der Waals surface area contributed by atoms with Gasteiger partial charge in [0, 0.05) is 6.54 Å². The van der Waals surface area contributed by atoms with Crippen molar-refractivity contribution in [3.63, 3.8) is 0 Å². The van der Waals surface area contributed by atoms with Gasteiger partial charge in [-0.05, 0) is 32.3 Å². The summed E-state index contributed by atoms with van der Waals surface area (Å²) in [5.74, 6) is 1.50. The molecule has 1 aromatic rings. The number of rotatable bonds is 5. The highest BCUT2D eigenvalue weighted by Crippen LogP contribution is 2.25. The fourth-order valence-electron chi connectivity index (χ4n) is 1.02. The molecule has 0 saturated heterocycles. The molecular weight excluding hydrogens is 178 g/mol. The molecule has 0 atom stereocenters. The Hall–Kier alpha value is -1.22. The number of ether oxygens (including phenoxy) is 2. The van der Waals surface area contributed by atoms with Gasteiger partial charge in [-0.15, -0.1) is 0 Å². The monoisotopic (exact) mass is 194 g/mol. The molecule has 3 heteroatoms. The van der Waals surface area contributed by atoms with E-state index in [1.54, 1.807) is 19.2 Å². The Morgan fingerprint density at radius 3 is 2.79 bits per heavy atom. The molecule has 3 nitrogen and oxygen atoms in total. The van der Waals surface area contributed by atoms with Crippen LogP contribution in [0, 0.1) is 6.07 Å². The smallest absolute Gasteiger partial charge is 0.161 e. The summed E-state index contributed by atoms with van der Waals surface area (Å²) in [4.78, 5) is 2.07. The van der Waals surface area contributed by atoms with Crippen LogP contribution in [0.15, 0.2) is 18.2 Å². The third-order valence-corrected chi connectivity index (χ3v) is 1.80. The maximum atomic E-state index is 5.54. The van der Waals surface area contributed by atoms with Crippen molar-refractivity contribution < 1.29 is 9.47 Å². The summed E-state index contributed by atoms with van der Waals surface area (Å²) in [6.45, 7) is 1.54. The van der Waals surface area contributed by atoms with Crippen LogP contribution in [0.4, 0.5) is 0 Å². The van der Waals surface area contributed by atoms with E-state index in [1.165, 1.54) is 0 Å². The van der Waals surface area contributed by atoms with Crippen LogP contribution >= 0.6 is 0 Å². The van der Waals surface area contributed by atoms with Crippen LogP contribution in [0.2, 0.25) is 0 Å². The van der Waals surface area contributed by atoms with Gasteiger partial charge in [0.15, 0.2) is 11.5 Å². The van der Waals surface area contributed by atoms with Crippen molar-refractivity contribution in [3.05, 3.63) is 24.3 Å². The molecule has 0 bridgehead atoms. The van der Waals surface area contributed by atoms with Crippen molar-refractivity contribution in [2.75, 3.05) is 34.4 Å². The zero-order valence-corrected chi connectivity index (χ0v) is 8.91. The maximum absolute atomic E-state index is 5.54. The van der Waals surface area contributed by atoms with Crippen LogP contribution in [-0.4, -0.2) is 39.3 Å². The summed E-state index contributed by atoms with van der Waals surface area (Å²) >= 11 is 0. The lowest BCUT2D eigenvalue weighted by Crippen LogP contribution is -2.19. The molecule has 0 aliphatic heterocycles. The van der Waals surface area contributed by atoms with Gasteiger partial charge < -0.3 is 14.4 Å². The minimum absolute atomic E-state index is 0.654. The van der Waals surface area contributed by atoms with Gasteiger partial charge >= 0.3 is 0 Å². The van der Waals surface area contributed by atoms with Crippen LogP contribution in [0.1, 0.15) is 0 Å². The van der Waals surface area contributed by atoms with Gasteiger partial charge in [0.1, 0.15) is 6.61 Å². The van der Waals surface area contributed by atoms with E-state index >= 15 is 0 Å². The fourth-order valence-corrected chi connectivity index (χ4v) is 1.02. The predicted octanol–water partition coefficient (Wildman–Crippen LogP) is 1.44. The highest BCUT2D eigenvalue weighted by Gasteiger charge is 2.01. The Labute approximate surface area is 85.2 Å². The number of hydrogen-bond acceptors (Lipinski definition) is 3. The van der Waals surface area contributed by atoms with Crippen LogP contribution in [0.5, 0.6) is 11.5 Å². The molecule has 0 aromatic heterocycles. The van der Waals surface area contributed by atoms with E-state index in [0.29, 0.717) is 6.61 Å². The lowest BCUT2D eigenvalue weighted by Gasteiger charge is -2.12. The van der Waals surface area contributed by atoms with Gasteiger partial charge in [0.25, 0.3) is 0 Å². The quantitative estimate of drug-likeness (QED) is 0.708. The van der Waals surface area contributed by atoms with E-state index in [1.807, 2.05) is 20.2 Å². The van der Waals surface area contributed by atoms with E-state index in [2.05, 4.69) is 11.0 Å². The molecule has 1 rings (SSSR count). The topological polar surface area (TPSA) is 21.7 Å². The first kappa shape index (κ1) is 10.9. The molecular formula is C11H16NO2. The van der Waals surface area contributed by atoms with Gasteiger partial charge in [0.05, 0.1) is 7.11 Å². The Balaban J connectivity index is 2.49. The van der Waals surface area contributed by atoms with Gasteiger partial charge in [-0.2, -0.15) is 0 Å². The van der Waals surface area contributed by atoms with Crippen molar-refractivity contribution in [3.8, 4) is 11.5 Å². The van der Waals surface area contributed by atoms with E-state index < -0.39 is 0 Å². The molecule has 1 radical (unpaired) electrons. The molecule has 0 N–H and O–H groups in total. The summed E-state index contributed by atoms with van der Waals surface area (Å²) < 4.78 is 10.7. The summed E-state index contributed by atoms with van der Waals surface area (Å²) in [6.07, 6.45) is 0. The highest BCUT2D eigenvalue weighted by molar-refractivity contribution is 5.38. The van der Waals surface area contributed by atoms with Crippen molar-refractivity contribution in [1.82, 2.24) is 4.90 Å². The molecule has 14 heavy (non-hydrogen) atoms. The molecule has 0 saturated carbocycles. The second-order valence-electron chi connectivity index (χ2n) is 3.23. The largest absolute Gasteiger partial charge is 0.493 e. The van der Waals surface area contributed by atoms with Crippen molar-refractivity contribution in [1.29, 1.82) is 0 Å². The van der Waals surface area contributed by atoms with E-state index in [9.17, 15) is 0 Å². The van der Waals surface area contributed by atoms with Gasteiger partial charge in [-0.25, -0.2) is 0 Å². The van der Waals surface area contributed by atoms with Crippen LogP contribution in [-0.2, 0) is 0 Å². The number of benzene rings is 1. The van der Waals surface area contributed by atoms with E-state index in [0.717, 1.165) is 18.0 Å². The van der Waals surface area contributed by atoms with Gasteiger partial charge in [-0.1, -0.05) is 6.07 Å². The molecule has 0 aliphatic carbocycles. The summed E-state index contributed by atoms with van der Waals surface area (Å²) in [5.41, 5.74) is 0. The minimum atomic E-state index is 0.654. The standard InChI is InChI=1S/C11H16NO2/c1-12(2)8-9-14-11-7-5-4-6-10(11)13-3/h4,6-7H,8-9H2,1-3H3. The van der Waals surface area contributed by atoms with Crippen molar-refractivity contribution in [2.45, 2.75) is 0 Å². The molecule has 0 spiro atoms.